The van der Waals surface area contributed by atoms with Crippen molar-refractivity contribution in [2.75, 3.05) is 0 Å². The fraction of sp³-hybridized carbons (Fsp3) is 0.593. The van der Waals surface area contributed by atoms with Crippen LogP contribution in [0.3, 0.4) is 0 Å². The number of benzene rings is 1. The van der Waals surface area contributed by atoms with Crippen molar-refractivity contribution in [2.45, 2.75) is 83.5 Å². The van der Waals surface area contributed by atoms with Gasteiger partial charge in [-0.15, -0.1) is 0 Å². The molecule has 0 N–H and O–H groups in total. The molecule has 1 aromatic carbocycles. The van der Waals surface area contributed by atoms with E-state index in [-0.39, 0.29) is 0 Å². The zero-order valence-corrected chi connectivity index (χ0v) is 18.0. The predicted octanol–water partition coefficient (Wildman–Crippen LogP) is 8.04. The standard InChI is InChI=1S/C27H36FN/c1-2-21-12-16-25(17-13-21)26-18-14-24(15-19-26)11-10-23-8-6-22(7-9-23)4-3-5-27(28)20-29/h5,10-13,16-17,22-24,26H,2-4,6-9,14-15,18-19H2,1H3/b11-10+,27-5?. The smallest absolute Gasteiger partial charge is 0.195 e. The average Bonchev–Trinajstić information content (AvgIpc) is 2.79. The predicted molar refractivity (Wildman–Crippen MR) is 119 cm³/mol. The van der Waals surface area contributed by atoms with Crippen molar-refractivity contribution >= 4 is 0 Å². The summed E-state index contributed by atoms with van der Waals surface area (Å²) in [5.41, 5.74) is 2.97. The van der Waals surface area contributed by atoms with E-state index in [4.69, 9.17) is 5.26 Å². The number of allylic oxidation sites excluding steroid dienone is 4. The highest BCUT2D eigenvalue weighted by molar-refractivity contribution is 5.26. The number of rotatable bonds is 7. The highest BCUT2D eigenvalue weighted by Crippen LogP contribution is 2.37. The van der Waals surface area contributed by atoms with Crippen LogP contribution >= 0.6 is 0 Å². The van der Waals surface area contributed by atoms with Crippen LogP contribution in [0.5, 0.6) is 0 Å². The molecule has 156 valence electrons. The number of hydrogen-bond acceptors (Lipinski definition) is 1. The fourth-order valence-electron chi connectivity index (χ4n) is 5.15. The molecule has 29 heavy (non-hydrogen) atoms. The molecule has 0 unspecified atom stereocenters. The Morgan fingerprint density at radius 3 is 2.10 bits per heavy atom. The summed E-state index contributed by atoms with van der Waals surface area (Å²) in [7, 11) is 0. The Labute approximate surface area is 176 Å². The minimum Gasteiger partial charge on any atom is -0.195 e. The summed E-state index contributed by atoms with van der Waals surface area (Å²) in [6, 6.07) is 10.9. The monoisotopic (exact) mass is 393 g/mol. The van der Waals surface area contributed by atoms with Gasteiger partial charge in [-0.1, -0.05) is 43.3 Å². The van der Waals surface area contributed by atoms with Gasteiger partial charge in [0.25, 0.3) is 0 Å². The summed E-state index contributed by atoms with van der Waals surface area (Å²) in [5.74, 6) is 2.32. The second kappa shape index (κ2) is 11.3. The molecule has 2 aliphatic rings. The van der Waals surface area contributed by atoms with Gasteiger partial charge in [0.1, 0.15) is 6.07 Å². The highest BCUT2D eigenvalue weighted by Gasteiger charge is 2.22. The maximum Gasteiger partial charge on any atom is 0.196 e. The molecule has 1 aromatic rings. The first-order chi connectivity index (χ1) is 14.2. The van der Waals surface area contributed by atoms with E-state index in [0.29, 0.717) is 12.3 Å². The van der Waals surface area contributed by atoms with E-state index < -0.39 is 5.83 Å². The van der Waals surface area contributed by atoms with E-state index in [1.165, 1.54) is 68.6 Å². The number of nitrogens with zero attached hydrogens (tertiary/aromatic N) is 1. The Hall–Kier alpha value is -1.88. The molecular formula is C27H36FN. The van der Waals surface area contributed by atoms with Gasteiger partial charge in [0.15, 0.2) is 5.83 Å². The van der Waals surface area contributed by atoms with Gasteiger partial charge in [-0.25, -0.2) is 0 Å². The lowest BCUT2D eigenvalue weighted by Crippen LogP contribution is -2.14. The topological polar surface area (TPSA) is 23.8 Å². The van der Waals surface area contributed by atoms with Crippen LogP contribution in [0.2, 0.25) is 0 Å². The van der Waals surface area contributed by atoms with Gasteiger partial charge in [0.05, 0.1) is 0 Å². The van der Waals surface area contributed by atoms with E-state index in [1.54, 1.807) is 6.07 Å². The van der Waals surface area contributed by atoms with Crippen molar-refractivity contribution < 1.29 is 4.39 Å². The van der Waals surface area contributed by atoms with Crippen molar-refractivity contribution in [1.29, 1.82) is 5.26 Å². The van der Waals surface area contributed by atoms with Crippen LogP contribution in [0.15, 0.2) is 48.3 Å². The summed E-state index contributed by atoms with van der Waals surface area (Å²) in [4.78, 5) is 0. The molecule has 1 nitrogen and oxygen atoms in total. The quantitative estimate of drug-likeness (QED) is 0.339. The van der Waals surface area contributed by atoms with Crippen molar-refractivity contribution in [1.82, 2.24) is 0 Å². The largest absolute Gasteiger partial charge is 0.196 e. The number of aryl methyl sites for hydroxylation is 1. The fourth-order valence-corrected chi connectivity index (χ4v) is 5.15. The molecule has 2 heteroatoms. The van der Waals surface area contributed by atoms with Gasteiger partial charge in [0, 0.05) is 0 Å². The second-order valence-electron chi connectivity index (χ2n) is 9.11. The van der Waals surface area contributed by atoms with Crippen molar-refractivity contribution in [2.24, 2.45) is 17.8 Å². The van der Waals surface area contributed by atoms with E-state index in [0.717, 1.165) is 30.6 Å². The molecular weight excluding hydrogens is 357 g/mol. The van der Waals surface area contributed by atoms with Gasteiger partial charge in [0.2, 0.25) is 0 Å². The van der Waals surface area contributed by atoms with E-state index >= 15 is 0 Å². The third kappa shape index (κ3) is 6.84. The molecule has 0 spiro atoms. The summed E-state index contributed by atoms with van der Waals surface area (Å²) >= 11 is 0. The van der Waals surface area contributed by atoms with E-state index in [2.05, 4.69) is 43.3 Å². The molecule has 0 saturated heterocycles. The first-order valence-electron chi connectivity index (χ1n) is 11.7. The number of hydrogen-bond donors (Lipinski definition) is 0. The van der Waals surface area contributed by atoms with Crippen molar-refractivity contribution in [3.05, 3.63) is 59.4 Å². The van der Waals surface area contributed by atoms with Crippen LogP contribution < -0.4 is 0 Å². The van der Waals surface area contributed by atoms with Crippen LogP contribution in [-0.2, 0) is 6.42 Å². The molecule has 0 aliphatic heterocycles. The Morgan fingerprint density at radius 1 is 0.966 bits per heavy atom. The van der Waals surface area contributed by atoms with Gasteiger partial charge >= 0.3 is 0 Å². The molecule has 0 amide bonds. The first kappa shape index (κ1) is 21.8. The molecule has 0 heterocycles. The molecule has 0 atom stereocenters. The summed E-state index contributed by atoms with van der Waals surface area (Å²) in [6.45, 7) is 2.22. The lowest BCUT2D eigenvalue weighted by Gasteiger charge is -2.29. The van der Waals surface area contributed by atoms with Crippen LogP contribution in [0.25, 0.3) is 0 Å². The Bertz CT molecular complexity index is 708. The van der Waals surface area contributed by atoms with Gasteiger partial charge in [-0.05, 0) is 112 Å². The minimum absolute atomic E-state index is 0.630. The maximum absolute atomic E-state index is 12.9. The van der Waals surface area contributed by atoms with Gasteiger partial charge in [-0.2, -0.15) is 9.65 Å². The Morgan fingerprint density at radius 2 is 1.55 bits per heavy atom. The highest BCUT2D eigenvalue weighted by atomic mass is 19.1. The minimum atomic E-state index is -0.630. The molecule has 2 saturated carbocycles. The van der Waals surface area contributed by atoms with Crippen LogP contribution in [-0.4, -0.2) is 0 Å². The van der Waals surface area contributed by atoms with Gasteiger partial charge in [-0.3, -0.25) is 0 Å². The van der Waals surface area contributed by atoms with Crippen LogP contribution in [0.1, 0.15) is 88.2 Å². The van der Waals surface area contributed by atoms with Gasteiger partial charge < -0.3 is 0 Å². The van der Waals surface area contributed by atoms with Crippen LogP contribution in [0, 0.1) is 29.1 Å². The molecule has 2 aliphatic carbocycles. The summed E-state index contributed by atoms with van der Waals surface area (Å²) in [5, 5.41) is 8.46. The third-order valence-corrected chi connectivity index (χ3v) is 7.18. The molecule has 3 rings (SSSR count). The van der Waals surface area contributed by atoms with E-state index in [9.17, 15) is 4.39 Å². The Kier molecular flexibility index (Phi) is 8.53. The molecule has 0 aromatic heterocycles. The zero-order chi connectivity index (χ0) is 20.5. The molecule has 2 fully saturated rings. The molecule has 0 radical (unpaired) electrons. The van der Waals surface area contributed by atoms with Crippen molar-refractivity contribution in [3.8, 4) is 6.07 Å². The van der Waals surface area contributed by atoms with E-state index in [1.807, 2.05) is 0 Å². The average molecular weight is 394 g/mol. The lowest BCUT2D eigenvalue weighted by atomic mass is 9.77. The first-order valence-corrected chi connectivity index (χ1v) is 11.7. The Balaban J connectivity index is 1.36. The summed E-state index contributed by atoms with van der Waals surface area (Å²) < 4.78 is 12.9. The number of halogens is 1. The maximum atomic E-state index is 12.9. The zero-order valence-electron chi connectivity index (χ0n) is 18.0. The normalized spacial score (nSPS) is 28.4. The lowest BCUT2D eigenvalue weighted by molar-refractivity contribution is 0.295. The SMILES string of the molecule is CCc1ccc(C2CCC(/C=C/C3CCC(CCC=C(F)C#N)CC3)CC2)cc1. The summed E-state index contributed by atoms with van der Waals surface area (Å²) in [6.07, 6.45) is 19.6. The third-order valence-electron chi connectivity index (χ3n) is 7.18. The second-order valence-corrected chi connectivity index (χ2v) is 9.11. The molecule has 0 bridgehead atoms. The van der Waals surface area contributed by atoms with Crippen LogP contribution in [0.4, 0.5) is 4.39 Å². The number of nitriles is 1. The van der Waals surface area contributed by atoms with Crippen molar-refractivity contribution in [3.63, 3.8) is 0 Å².